The fourth-order valence-corrected chi connectivity index (χ4v) is 2.59. The summed E-state index contributed by atoms with van der Waals surface area (Å²) >= 11 is 0. The molecule has 1 saturated carbocycles. The number of hydrogen-bond donors (Lipinski definition) is 0. The summed E-state index contributed by atoms with van der Waals surface area (Å²) in [6, 6.07) is 3.19. The van der Waals surface area contributed by atoms with Crippen LogP contribution in [0.15, 0.2) is 16.9 Å². The number of hydrogen-bond acceptors (Lipinski definition) is 3. The van der Waals surface area contributed by atoms with E-state index in [-0.39, 0.29) is 11.5 Å². The highest BCUT2D eigenvalue weighted by molar-refractivity contribution is 5.92. The normalized spacial score (nSPS) is 23.1. The Labute approximate surface area is 113 Å². The molecule has 0 aromatic carbocycles. The van der Waals surface area contributed by atoms with Crippen LogP contribution >= 0.6 is 0 Å². The Morgan fingerprint density at radius 2 is 1.95 bits per heavy atom. The molecule has 1 aliphatic carbocycles. The van der Waals surface area contributed by atoms with Gasteiger partial charge < -0.3 is 4.90 Å². The molecule has 5 nitrogen and oxygen atoms in total. The minimum atomic E-state index is -0.203. The molecule has 1 aliphatic rings. The SMILES string of the molecule is CC1CCC(N(C)C(=O)c2ccc(=O)n(C)n2)CC1. The first kappa shape index (κ1) is 13.8. The van der Waals surface area contributed by atoms with E-state index in [1.807, 2.05) is 7.05 Å². The standard InChI is InChI=1S/C14H21N3O2/c1-10-4-6-11(7-5-10)16(2)14(19)12-8-9-13(18)17(3)15-12/h8-11H,4-7H2,1-3H3. The lowest BCUT2D eigenvalue weighted by Gasteiger charge is -2.33. The molecule has 1 aromatic rings. The van der Waals surface area contributed by atoms with Crippen LogP contribution in [-0.2, 0) is 7.05 Å². The van der Waals surface area contributed by atoms with E-state index in [4.69, 9.17) is 0 Å². The van der Waals surface area contributed by atoms with Gasteiger partial charge in [-0.05, 0) is 37.7 Å². The summed E-state index contributed by atoms with van der Waals surface area (Å²) in [5, 5.41) is 4.02. The van der Waals surface area contributed by atoms with Crippen molar-refractivity contribution >= 4 is 5.91 Å². The van der Waals surface area contributed by atoms with E-state index in [9.17, 15) is 9.59 Å². The summed E-state index contributed by atoms with van der Waals surface area (Å²) in [6.07, 6.45) is 4.44. The molecular formula is C14H21N3O2. The number of nitrogens with zero attached hydrogens (tertiary/aromatic N) is 3. The average Bonchev–Trinajstić information content (AvgIpc) is 2.41. The first-order chi connectivity index (χ1) is 8.99. The molecule has 19 heavy (non-hydrogen) atoms. The van der Waals surface area contributed by atoms with Gasteiger partial charge in [0.1, 0.15) is 5.69 Å². The van der Waals surface area contributed by atoms with Crippen LogP contribution in [0.5, 0.6) is 0 Å². The van der Waals surface area contributed by atoms with E-state index < -0.39 is 0 Å². The highest BCUT2D eigenvalue weighted by Gasteiger charge is 2.26. The van der Waals surface area contributed by atoms with Crippen LogP contribution in [0.2, 0.25) is 0 Å². The third kappa shape index (κ3) is 3.03. The van der Waals surface area contributed by atoms with E-state index in [1.165, 1.54) is 29.7 Å². The van der Waals surface area contributed by atoms with Gasteiger partial charge in [0.15, 0.2) is 0 Å². The smallest absolute Gasteiger partial charge is 0.274 e. The van der Waals surface area contributed by atoms with Crippen LogP contribution in [0.1, 0.15) is 43.1 Å². The summed E-state index contributed by atoms with van der Waals surface area (Å²) < 4.78 is 1.20. The van der Waals surface area contributed by atoms with Gasteiger partial charge in [-0.3, -0.25) is 9.59 Å². The highest BCUT2D eigenvalue weighted by atomic mass is 16.2. The Bertz CT molecular complexity index is 516. The van der Waals surface area contributed by atoms with Crippen LogP contribution in [0, 0.1) is 5.92 Å². The summed E-state index contributed by atoms with van der Waals surface area (Å²) in [6.45, 7) is 2.26. The summed E-state index contributed by atoms with van der Waals surface area (Å²) in [5.74, 6) is 0.658. The molecule has 1 fully saturated rings. The number of amides is 1. The van der Waals surface area contributed by atoms with Gasteiger partial charge in [-0.1, -0.05) is 6.92 Å². The van der Waals surface area contributed by atoms with Crippen molar-refractivity contribution in [1.29, 1.82) is 0 Å². The van der Waals surface area contributed by atoms with Crippen LogP contribution in [0.4, 0.5) is 0 Å². The van der Waals surface area contributed by atoms with Gasteiger partial charge in [0.05, 0.1) is 0 Å². The van der Waals surface area contributed by atoms with E-state index in [2.05, 4.69) is 12.0 Å². The molecule has 2 rings (SSSR count). The van der Waals surface area contributed by atoms with E-state index in [0.717, 1.165) is 18.8 Å². The zero-order valence-electron chi connectivity index (χ0n) is 11.8. The summed E-state index contributed by atoms with van der Waals surface area (Å²) in [4.78, 5) is 25.4. The molecular weight excluding hydrogens is 242 g/mol. The Hall–Kier alpha value is -1.65. The minimum absolute atomic E-state index is 0.102. The molecule has 1 amide bonds. The third-order valence-electron chi connectivity index (χ3n) is 4.03. The Morgan fingerprint density at radius 1 is 1.32 bits per heavy atom. The Morgan fingerprint density at radius 3 is 2.53 bits per heavy atom. The fourth-order valence-electron chi connectivity index (χ4n) is 2.59. The number of carbonyl (C=O) groups excluding carboxylic acids is 1. The van der Waals surface area contributed by atoms with Crippen molar-refractivity contribution in [2.75, 3.05) is 7.05 Å². The number of rotatable bonds is 2. The second kappa shape index (κ2) is 5.55. The maximum atomic E-state index is 12.3. The van der Waals surface area contributed by atoms with Crippen molar-refractivity contribution in [3.8, 4) is 0 Å². The lowest BCUT2D eigenvalue weighted by Crippen LogP contribution is -2.40. The Kier molecular flexibility index (Phi) is 4.02. The molecule has 5 heteroatoms. The molecule has 0 saturated heterocycles. The number of aryl methyl sites for hydroxylation is 1. The van der Waals surface area contributed by atoms with Gasteiger partial charge in [0.2, 0.25) is 0 Å². The third-order valence-corrected chi connectivity index (χ3v) is 4.03. The molecule has 0 unspecified atom stereocenters. The second-order valence-electron chi connectivity index (χ2n) is 5.51. The number of carbonyl (C=O) groups is 1. The van der Waals surface area contributed by atoms with Crippen molar-refractivity contribution < 1.29 is 4.79 Å². The van der Waals surface area contributed by atoms with Crippen molar-refractivity contribution in [1.82, 2.24) is 14.7 Å². The highest BCUT2D eigenvalue weighted by Crippen LogP contribution is 2.26. The molecule has 0 aliphatic heterocycles. The number of aromatic nitrogens is 2. The predicted molar refractivity (Wildman–Crippen MR) is 73.0 cm³/mol. The van der Waals surface area contributed by atoms with Crippen LogP contribution in [0.3, 0.4) is 0 Å². The monoisotopic (exact) mass is 263 g/mol. The molecule has 0 N–H and O–H groups in total. The lowest BCUT2D eigenvalue weighted by molar-refractivity contribution is 0.0671. The Balaban J connectivity index is 2.10. The largest absolute Gasteiger partial charge is 0.337 e. The zero-order chi connectivity index (χ0) is 14.0. The van der Waals surface area contributed by atoms with Gasteiger partial charge in [-0.2, -0.15) is 5.10 Å². The first-order valence-electron chi connectivity index (χ1n) is 6.80. The topological polar surface area (TPSA) is 55.2 Å². The van der Waals surface area contributed by atoms with Gasteiger partial charge in [-0.25, -0.2) is 4.68 Å². The van der Waals surface area contributed by atoms with Crippen LogP contribution in [0.25, 0.3) is 0 Å². The summed E-state index contributed by atoms with van der Waals surface area (Å²) in [5.41, 5.74) is 0.133. The van der Waals surface area contributed by atoms with E-state index in [0.29, 0.717) is 11.7 Å². The van der Waals surface area contributed by atoms with Crippen molar-refractivity contribution in [3.05, 3.63) is 28.2 Å². The molecule has 1 heterocycles. The average molecular weight is 263 g/mol. The van der Waals surface area contributed by atoms with Crippen molar-refractivity contribution in [2.24, 2.45) is 13.0 Å². The fraction of sp³-hybridized carbons (Fsp3) is 0.643. The van der Waals surface area contributed by atoms with Crippen molar-refractivity contribution in [2.45, 2.75) is 38.6 Å². The van der Waals surface area contributed by atoms with Crippen LogP contribution < -0.4 is 5.56 Å². The minimum Gasteiger partial charge on any atom is -0.337 e. The molecule has 0 bridgehead atoms. The molecule has 0 atom stereocenters. The molecule has 0 spiro atoms. The maximum Gasteiger partial charge on any atom is 0.274 e. The zero-order valence-corrected chi connectivity index (χ0v) is 11.8. The quantitative estimate of drug-likeness (QED) is 0.811. The maximum absolute atomic E-state index is 12.3. The first-order valence-corrected chi connectivity index (χ1v) is 6.80. The van der Waals surface area contributed by atoms with E-state index in [1.54, 1.807) is 11.9 Å². The summed E-state index contributed by atoms with van der Waals surface area (Å²) in [7, 11) is 3.39. The molecule has 1 aromatic heterocycles. The van der Waals surface area contributed by atoms with Crippen molar-refractivity contribution in [3.63, 3.8) is 0 Å². The van der Waals surface area contributed by atoms with Gasteiger partial charge in [-0.15, -0.1) is 0 Å². The van der Waals surface area contributed by atoms with Crippen LogP contribution in [-0.4, -0.2) is 33.7 Å². The molecule has 104 valence electrons. The van der Waals surface area contributed by atoms with Gasteiger partial charge in [0, 0.05) is 26.2 Å². The predicted octanol–water partition coefficient (Wildman–Crippen LogP) is 1.43. The lowest BCUT2D eigenvalue weighted by atomic mass is 9.86. The second-order valence-corrected chi connectivity index (χ2v) is 5.51. The van der Waals surface area contributed by atoms with Gasteiger partial charge >= 0.3 is 0 Å². The van der Waals surface area contributed by atoms with Gasteiger partial charge in [0.25, 0.3) is 11.5 Å². The van der Waals surface area contributed by atoms with E-state index >= 15 is 0 Å². The molecule has 0 radical (unpaired) electrons.